The number of para-hydroxylation sites is 1. The molecular formula is C23H22O4. The first-order chi connectivity index (χ1) is 13.1. The molecular weight excluding hydrogens is 340 g/mol. The highest BCUT2D eigenvalue weighted by atomic mass is 16.6. The summed E-state index contributed by atoms with van der Waals surface area (Å²) in [7, 11) is 0. The third kappa shape index (κ3) is 4.47. The van der Waals surface area contributed by atoms with Crippen LogP contribution < -0.4 is 9.47 Å². The van der Waals surface area contributed by atoms with E-state index < -0.39 is 5.97 Å². The van der Waals surface area contributed by atoms with Crippen molar-refractivity contribution in [3.8, 4) is 17.2 Å². The van der Waals surface area contributed by atoms with E-state index in [1.807, 2.05) is 67.6 Å². The average Bonchev–Trinajstić information content (AvgIpc) is 2.67. The van der Waals surface area contributed by atoms with Gasteiger partial charge < -0.3 is 14.2 Å². The molecule has 3 rings (SSSR count). The van der Waals surface area contributed by atoms with Gasteiger partial charge in [-0.05, 0) is 37.6 Å². The van der Waals surface area contributed by atoms with Crippen LogP contribution in [0.1, 0.15) is 12.5 Å². The van der Waals surface area contributed by atoms with Crippen LogP contribution >= 0.6 is 0 Å². The highest BCUT2D eigenvalue weighted by Gasteiger charge is 2.13. The third-order valence-electron chi connectivity index (χ3n) is 4.03. The summed E-state index contributed by atoms with van der Waals surface area (Å²) < 4.78 is 17.1. The van der Waals surface area contributed by atoms with Crippen molar-refractivity contribution in [3.05, 3.63) is 78.4 Å². The minimum atomic E-state index is -0.410. The third-order valence-corrected chi connectivity index (χ3v) is 4.03. The van der Waals surface area contributed by atoms with Gasteiger partial charge in [0.05, 0.1) is 0 Å². The second kappa shape index (κ2) is 8.41. The molecule has 27 heavy (non-hydrogen) atoms. The molecule has 4 heteroatoms. The van der Waals surface area contributed by atoms with Crippen LogP contribution in [0.5, 0.6) is 17.2 Å². The van der Waals surface area contributed by atoms with Crippen molar-refractivity contribution in [1.82, 2.24) is 0 Å². The minimum absolute atomic E-state index is 0.168. The number of hydrogen-bond acceptors (Lipinski definition) is 4. The van der Waals surface area contributed by atoms with Gasteiger partial charge >= 0.3 is 5.97 Å². The van der Waals surface area contributed by atoms with Crippen molar-refractivity contribution in [2.75, 3.05) is 13.2 Å². The van der Waals surface area contributed by atoms with Gasteiger partial charge in [-0.2, -0.15) is 0 Å². The van der Waals surface area contributed by atoms with Gasteiger partial charge in [0.25, 0.3) is 0 Å². The van der Waals surface area contributed by atoms with Crippen molar-refractivity contribution in [2.24, 2.45) is 0 Å². The molecule has 0 heterocycles. The molecule has 0 saturated carbocycles. The summed E-state index contributed by atoms with van der Waals surface area (Å²) in [5, 5.41) is 1.91. The maximum Gasteiger partial charge on any atom is 0.333 e. The van der Waals surface area contributed by atoms with E-state index in [0.717, 1.165) is 33.6 Å². The molecule has 138 valence electrons. The molecule has 0 amide bonds. The molecule has 0 unspecified atom stereocenters. The van der Waals surface area contributed by atoms with Crippen molar-refractivity contribution in [3.63, 3.8) is 0 Å². The van der Waals surface area contributed by atoms with Crippen LogP contribution in [-0.2, 0) is 9.53 Å². The van der Waals surface area contributed by atoms with E-state index in [1.54, 1.807) is 6.92 Å². The fourth-order valence-electron chi connectivity index (χ4n) is 2.74. The van der Waals surface area contributed by atoms with Gasteiger partial charge in [0.15, 0.2) is 0 Å². The number of esters is 1. The molecule has 0 radical (unpaired) electrons. The summed E-state index contributed by atoms with van der Waals surface area (Å²) in [6.45, 7) is 7.59. The lowest BCUT2D eigenvalue weighted by Gasteiger charge is -2.16. The lowest BCUT2D eigenvalue weighted by Crippen LogP contribution is -2.13. The number of benzene rings is 3. The molecule has 3 aromatic carbocycles. The van der Waals surface area contributed by atoms with Gasteiger partial charge in [0.1, 0.15) is 30.5 Å². The highest BCUT2D eigenvalue weighted by molar-refractivity contribution is 5.94. The summed E-state index contributed by atoms with van der Waals surface area (Å²) in [6.07, 6.45) is 0. The van der Waals surface area contributed by atoms with E-state index in [9.17, 15) is 4.79 Å². The van der Waals surface area contributed by atoms with Gasteiger partial charge in [0, 0.05) is 16.3 Å². The molecule has 0 aromatic heterocycles. The summed E-state index contributed by atoms with van der Waals surface area (Å²) in [4.78, 5) is 11.5. The van der Waals surface area contributed by atoms with Crippen molar-refractivity contribution < 1.29 is 19.0 Å². The molecule has 0 aliphatic heterocycles. The molecule has 0 aliphatic carbocycles. The Morgan fingerprint density at radius 2 is 1.63 bits per heavy atom. The average molecular weight is 362 g/mol. The van der Waals surface area contributed by atoms with Gasteiger partial charge in [0.2, 0.25) is 0 Å². The van der Waals surface area contributed by atoms with Gasteiger partial charge in [-0.15, -0.1) is 0 Å². The minimum Gasteiger partial charge on any atom is -0.489 e. The SMILES string of the molecule is C=C(C)C(=O)OCCOc1c(C)cc(Oc2ccccc2)c2ccccc12. The highest BCUT2D eigenvalue weighted by Crippen LogP contribution is 2.38. The fourth-order valence-corrected chi connectivity index (χ4v) is 2.74. The number of rotatable bonds is 7. The second-order valence-electron chi connectivity index (χ2n) is 6.25. The van der Waals surface area contributed by atoms with Crippen LogP contribution in [0, 0.1) is 6.92 Å². The zero-order valence-corrected chi connectivity index (χ0v) is 15.5. The summed E-state index contributed by atoms with van der Waals surface area (Å²) in [5.41, 5.74) is 1.32. The normalized spacial score (nSPS) is 10.4. The fraction of sp³-hybridized carbons (Fsp3) is 0.174. The van der Waals surface area contributed by atoms with E-state index in [1.165, 1.54) is 0 Å². The number of aryl methyl sites for hydroxylation is 1. The molecule has 3 aromatic rings. The maximum absolute atomic E-state index is 11.5. The van der Waals surface area contributed by atoms with Gasteiger partial charge in [-0.3, -0.25) is 0 Å². The molecule has 0 atom stereocenters. The number of carbonyl (C=O) groups is 1. The van der Waals surface area contributed by atoms with E-state index in [0.29, 0.717) is 5.57 Å². The Hall–Kier alpha value is -3.27. The van der Waals surface area contributed by atoms with Gasteiger partial charge in [-0.25, -0.2) is 4.79 Å². The monoisotopic (exact) mass is 362 g/mol. The van der Waals surface area contributed by atoms with Crippen LogP contribution in [0.15, 0.2) is 72.8 Å². The first-order valence-electron chi connectivity index (χ1n) is 8.77. The standard InChI is InChI=1S/C23H22O4/c1-16(2)23(24)26-14-13-25-22-17(3)15-21(19-11-7-8-12-20(19)22)27-18-9-5-4-6-10-18/h4-12,15H,1,13-14H2,2-3H3. The zero-order chi connectivity index (χ0) is 19.2. The van der Waals surface area contributed by atoms with Crippen molar-refractivity contribution in [1.29, 1.82) is 0 Å². The predicted molar refractivity (Wildman–Crippen MR) is 106 cm³/mol. The summed E-state index contributed by atoms with van der Waals surface area (Å²) in [5.74, 6) is 1.90. The molecule has 0 fully saturated rings. The van der Waals surface area contributed by atoms with E-state index in [-0.39, 0.29) is 13.2 Å². The Kier molecular flexibility index (Phi) is 5.77. The number of hydrogen-bond donors (Lipinski definition) is 0. The van der Waals surface area contributed by atoms with Crippen LogP contribution in [-0.4, -0.2) is 19.2 Å². The number of ether oxygens (including phenoxy) is 3. The summed E-state index contributed by atoms with van der Waals surface area (Å²) >= 11 is 0. The maximum atomic E-state index is 11.5. The lowest BCUT2D eigenvalue weighted by atomic mass is 10.0. The van der Waals surface area contributed by atoms with Crippen LogP contribution in [0.25, 0.3) is 10.8 Å². The molecule has 4 nitrogen and oxygen atoms in total. The molecule has 0 N–H and O–H groups in total. The lowest BCUT2D eigenvalue weighted by molar-refractivity contribution is -0.139. The Balaban J connectivity index is 1.82. The van der Waals surface area contributed by atoms with E-state index in [4.69, 9.17) is 14.2 Å². The first kappa shape index (κ1) is 18.5. The van der Waals surface area contributed by atoms with Crippen LogP contribution in [0.3, 0.4) is 0 Å². The Labute approximate surface area is 159 Å². The molecule has 0 bridgehead atoms. The number of carbonyl (C=O) groups excluding carboxylic acids is 1. The van der Waals surface area contributed by atoms with E-state index in [2.05, 4.69) is 6.58 Å². The van der Waals surface area contributed by atoms with Crippen molar-refractivity contribution in [2.45, 2.75) is 13.8 Å². The molecule has 0 aliphatic rings. The summed E-state index contributed by atoms with van der Waals surface area (Å²) in [6, 6.07) is 19.6. The molecule has 0 saturated heterocycles. The van der Waals surface area contributed by atoms with E-state index >= 15 is 0 Å². The Morgan fingerprint density at radius 3 is 2.33 bits per heavy atom. The smallest absolute Gasteiger partial charge is 0.333 e. The predicted octanol–water partition coefficient (Wildman–Crippen LogP) is 5.44. The second-order valence-corrected chi connectivity index (χ2v) is 6.25. The zero-order valence-electron chi connectivity index (χ0n) is 15.5. The van der Waals surface area contributed by atoms with Crippen LogP contribution in [0.4, 0.5) is 0 Å². The quantitative estimate of drug-likeness (QED) is 0.319. The van der Waals surface area contributed by atoms with Crippen molar-refractivity contribution >= 4 is 16.7 Å². The topological polar surface area (TPSA) is 44.8 Å². The van der Waals surface area contributed by atoms with Gasteiger partial charge in [-0.1, -0.05) is 49.0 Å². The Morgan fingerprint density at radius 1 is 0.963 bits per heavy atom. The molecule has 0 spiro atoms. The Bertz CT molecular complexity index is 961. The number of fused-ring (bicyclic) bond motifs is 1. The first-order valence-corrected chi connectivity index (χ1v) is 8.77. The van der Waals surface area contributed by atoms with Crippen LogP contribution in [0.2, 0.25) is 0 Å². The largest absolute Gasteiger partial charge is 0.489 e.